The van der Waals surface area contributed by atoms with Crippen LogP contribution in [-0.4, -0.2) is 75.2 Å². The second kappa shape index (κ2) is 9.35. The molecule has 2 aromatic carbocycles. The fraction of sp³-hybridized carbons (Fsp3) is 0.318. The predicted octanol–water partition coefficient (Wildman–Crippen LogP) is 2.41. The van der Waals surface area contributed by atoms with Crippen LogP contribution < -0.4 is 0 Å². The standard InChI is InChI=1S/C22H27N3O3S/c1-23(2)29(27,28)21-12-10-20(11-13-21)22(26)25-17-15-24(16-18-25)14-6-9-19-7-4-3-5-8-19/h3-13H,14-18H2,1-2H3/b9-6+. The first-order valence-electron chi connectivity index (χ1n) is 9.64. The van der Waals surface area contributed by atoms with E-state index >= 15 is 0 Å². The zero-order valence-corrected chi connectivity index (χ0v) is 17.7. The van der Waals surface area contributed by atoms with Gasteiger partial charge in [-0.2, -0.15) is 0 Å². The molecule has 154 valence electrons. The van der Waals surface area contributed by atoms with E-state index in [1.165, 1.54) is 31.8 Å². The number of rotatable bonds is 6. The summed E-state index contributed by atoms with van der Waals surface area (Å²) >= 11 is 0. The second-order valence-corrected chi connectivity index (χ2v) is 9.37. The molecule has 1 saturated heterocycles. The molecule has 0 bridgehead atoms. The number of piperazine rings is 1. The van der Waals surface area contributed by atoms with Gasteiger partial charge < -0.3 is 4.90 Å². The van der Waals surface area contributed by atoms with E-state index in [0.29, 0.717) is 18.7 Å². The molecule has 0 N–H and O–H groups in total. The maximum Gasteiger partial charge on any atom is 0.253 e. The molecule has 0 aromatic heterocycles. The van der Waals surface area contributed by atoms with Gasteiger partial charge in [0, 0.05) is 52.4 Å². The maximum absolute atomic E-state index is 12.7. The van der Waals surface area contributed by atoms with Crippen molar-refractivity contribution in [2.45, 2.75) is 4.90 Å². The third-order valence-corrected chi connectivity index (χ3v) is 6.84. The van der Waals surface area contributed by atoms with Crippen LogP contribution in [0.15, 0.2) is 65.6 Å². The average Bonchev–Trinajstić information content (AvgIpc) is 2.74. The van der Waals surface area contributed by atoms with Crippen molar-refractivity contribution in [3.05, 3.63) is 71.8 Å². The van der Waals surface area contributed by atoms with Crippen LogP contribution in [0.2, 0.25) is 0 Å². The van der Waals surface area contributed by atoms with Gasteiger partial charge in [0.2, 0.25) is 10.0 Å². The van der Waals surface area contributed by atoms with Gasteiger partial charge >= 0.3 is 0 Å². The van der Waals surface area contributed by atoms with Crippen LogP contribution in [-0.2, 0) is 10.0 Å². The topological polar surface area (TPSA) is 60.9 Å². The molecule has 0 aliphatic carbocycles. The zero-order valence-electron chi connectivity index (χ0n) is 16.9. The van der Waals surface area contributed by atoms with E-state index in [1.807, 2.05) is 23.1 Å². The molecule has 0 radical (unpaired) electrons. The van der Waals surface area contributed by atoms with Crippen molar-refractivity contribution in [2.24, 2.45) is 0 Å². The Morgan fingerprint density at radius 1 is 0.966 bits per heavy atom. The summed E-state index contributed by atoms with van der Waals surface area (Å²) in [4.78, 5) is 17.1. The molecule has 6 nitrogen and oxygen atoms in total. The Balaban J connectivity index is 1.53. The number of hydrogen-bond acceptors (Lipinski definition) is 4. The Morgan fingerprint density at radius 2 is 1.59 bits per heavy atom. The lowest BCUT2D eigenvalue weighted by Crippen LogP contribution is -2.48. The summed E-state index contributed by atoms with van der Waals surface area (Å²) in [5, 5.41) is 0. The van der Waals surface area contributed by atoms with Gasteiger partial charge in [-0.3, -0.25) is 9.69 Å². The van der Waals surface area contributed by atoms with E-state index in [2.05, 4.69) is 29.2 Å². The van der Waals surface area contributed by atoms with Crippen LogP contribution in [0.3, 0.4) is 0 Å². The molecule has 1 aliphatic rings. The molecule has 7 heteroatoms. The Hall–Kier alpha value is -2.48. The van der Waals surface area contributed by atoms with E-state index in [4.69, 9.17) is 0 Å². The largest absolute Gasteiger partial charge is 0.336 e. The van der Waals surface area contributed by atoms with Crippen LogP contribution in [0.5, 0.6) is 0 Å². The number of benzene rings is 2. The molecule has 2 aromatic rings. The Morgan fingerprint density at radius 3 is 2.17 bits per heavy atom. The van der Waals surface area contributed by atoms with Crippen LogP contribution in [0.4, 0.5) is 0 Å². The molecule has 3 rings (SSSR count). The van der Waals surface area contributed by atoms with Crippen molar-refractivity contribution in [3.63, 3.8) is 0 Å². The zero-order chi connectivity index (χ0) is 20.9. The van der Waals surface area contributed by atoms with Gasteiger partial charge in [-0.1, -0.05) is 42.5 Å². The quantitative estimate of drug-likeness (QED) is 0.730. The number of carbonyl (C=O) groups is 1. The van der Waals surface area contributed by atoms with Gasteiger partial charge in [-0.25, -0.2) is 12.7 Å². The SMILES string of the molecule is CN(C)S(=O)(=O)c1ccc(C(=O)N2CCN(C/C=C/c3ccccc3)CC2)cc1. The van der Waals surface area contributed by atoms with Crippen LogP contribution >= 0.6 is 0 Å². The number of sulfonamides is 1. The summed E-state index contributed by atoms with van der Waals surface area (Å²) in [6.45, 7) is 3.81. The van der Waals surface area contributed by atoms with E-state index in [0.717, 1.165) is 23.9 Å². The third kappa shape index (κ3) is 5.32. The monoisotopic (exact) mass is 413 g/mol. The molecule has 1 aliphatic heterocycles. The Bertz CT molecular complexity index is 947. The Labute approximate surface area is 173 Å². The summed E-state index contributed by atoms with van der Waals surface area (Å²) < 4.78 is 25.5. The maximum atomic E-state index is 12.7. The highest BCUT2D eigenvalue weighted by atomic mass is 32.2. The normalized spacial score (nSPS) is 15.9. The van der Waals surface area contributed by atoms with E-state index in [9.17, 15) is 13.2 Å². The number of nitrogens with zero attached hydrogens (tertiary/aromatic N) is 3. The molecular weight excluding hydrogens is 386 g/mol. The summed E-state index contributed by atoms with van der Waals surface area (Å²) in [5.41, 5.74) is 1.70. The van der Waals surface area contributed by atoms with E-state index < -0.39 is 10.0 Å². The van der Waals surface area contributed by atoms with Crippen molar-refractivity contribution in [1.82, 2.24) is 14.1 Å². The molecule has 0 unspecified atom stereocenters. The van der Waals surface area contributed by atoms with Crippen LogP contribution in [0.1, 0.15) is 15.9 Å². The highest BCUT2D eigenvalue weighted by Gasteiger charge is 2.23. The highest BCUT2D eigenvalue weighted by molar-refractivity contribution is 7.89. The second-order valence-electron chi connectivity index (χ2n) is 7.22. The van der Waals surface area contributed by atoms with Gasteiger partial charge in [-0.05, 0) is 29.8 Å². The Kier molecular flexibility index (Phi) is 6.84. The van der Waals surface area contributed by atoms with E-state index in [-0.39, 0.29) is 10.8 Å². The van der Waals surface area contributed by atoms with Gasteiger partial charge in [0.05, 0.1) is 4.90 Å². The number of carbonyl (C=O) groups excluding carboxylic acids is 1. The van der Waals surface area contributed by atoms with Gasteiger partial charge in [0.1, 0.15) is 0 Å². The van der Waals surface area contributed by atoms with Crippen molar-refractivity contribution in [3.8, 4) is 0 Å². The van der Waals surface area contributed by atoms with E-state index in [1.54, 1.807) is 12.1 Å². The van der Waals surface area contributed by atoms with Gasteiger partial charge in [0.15, 0.2) is 0 Å². The van der Waals surface area contributed by atoms with Gasteiger partial charge in [0.25, 0.3) is 5.91 Å². The van der Waals surface area contributed by atoms with Gasteiger partial charge in [-0.15, -0.1) is 0 Å². The van der Waals surface area contributed by atoms with Crippen molar-refractivity contribution in [1.29, 1.82) is 0 Å². The molecule has 0 spiro atoms. The van der Waals surface area contributed by atoms with Crippen molar-refractivity contribution < 1.29 is 13.2 Å². The molecule has 29 heavy (non-hydrogen) atoms. The molecule has 0 saturated carbocycles. The summed E-state index contributed by atoms with van der Waals surface area (Å²) in [6, 6.07) is 16.4. The molecule has 1 heterocycles. The minimum atomic E-state index is -3.49. The molecule has 0 atom stereocenters. The fourth-order valence-electron chi connectivity index (χ4n) is 3.20. The summed E-state index contributed by atoms with van der Waals surface area (Å²) in [5.74, 6) is -0.0571. The lowest BCUT2D eigenvalue weighted by molar-refractivity contribution is 0.0650. The first-order chi connectivity index (χ1) is 13.9. The number of hydrogen-bond donors (Lipinski definition) is 0. The fourth-order valence-corrected chi connectivity index (χ4v) is 4.10. The lowest BCUT2D eigenvalue weighted by atomic mass is 10.2. The third-order valence-electron chi connectivity index (χ3n) is 5.01. The highest BCUT2D eigenvalue weighted by Crippen LogP contribution is 2.16. The minimum Gasteiger partial charge on any atom is -0.336 e. The van der Waals surface area contributed by atoms with Crippen molar-refractivity contribution in [2.75, 3.05) is 46.8 Å². The summed E-state index contributed by atoms with van der Waals surface area (Å²) in [6.07, 6.45) is 4.26. The number of amides is 1. The summed E-state index contributed by atoms with van der Waals surface area (Å²) in [7, 11) is -0.507. The van der Waals surface area contributed by atoms with Crippen LogP contribution in [0, 0.1) is 0 Å². The molecule has 1 fully saturated rings. The minimum absolute atomic E-state index is 0.0571. The molecule has 1 amide bonds. The first kappa shape index (κ1) is 21.2. The molecular formula is C22H27N3O3S. The van der Waals surface area contributed by atoms with Crippen molar-refractivity contribution >= 4 is 22.0 Å². The van der Waals surface area contributed by atoms with Crippen LogP contribution in [0.25, 0.3) is 6.08 Å². The predicted molar refractivity (Wildman–Crippen MR) is 115 cm³/mol. The first-order valence-corrected chi connectivity index (χ1v) is 11.1. The lowest BCUT2D eigenvalue weighted by Gasteiger charge is -2.34. The smallest absolute Gasteiger partial charge is 0.253 e. The average molecular weight is 414 g/mol.